The van der Waals surface area contributed by atoms with Gasteiger partial charge in [-0.05, 0) is 38.9 Å². The first-order valence-corrected chi connectivity index (χ1v) is 6.09. The van der Waals surface area contributed by atoms with E-state index < -0.39 is 0 Å². The molecule has 94 valence electrons. The molecule has 4 nitrogen and oxygen atoms in total. The van der Waals surface area contributed by atoms with Crippen LogP contribution in [0, 0.1) is 20.8 Å². The summed E-state index contributed by atoms with van der Waals surface area (Å²) in [4.78, 5) is 13.2. The molecule has 0 unspecified atom stereocenters. The quantitative estimate of drug-likeness (QED) is 0.893. The Labute approximate surface area is 107 Å². The summed E-state index contributed by atoms with van der Waals surface area (Å²) in [6.07, 6.45) is 0.682. The van der Waals surface area contributed by atoms with E-state index in [2.05, 4.69) is 47.0 Å². The number of benzene rings is 1. The van der Waals surface area contributed by atoms with Gasteiger partial charge in [-0.3, -0.25) is 0 Å². The summed E-state index contributed by atoms with van der Waals surface area (Å²) in [6.45, 7) is 6.57. The fraction of sp³-hybridized carbons (Fsp3) is 0.357. The van der Waals surface area contributed by atoms with Crippen molar-refractivity contribution in [3.63, 3.8) is 0 Å². The highest BCUT2D eigenvalue weighted by Gasteiger charge is 2.08. The van der Waals surface area contributed by atoms with E-state index in [0.29, 0.717) is 13.0 Å². The van der Waals surface area contributed by atoms with Crippen LogP contribution in [-0.4, -0.2) is 21.5 Å². The van der Waals surface area contributed by atoms with Gasteiger partial charge in [-0.15, -0.1) is 0 Å². The summed E-state index contributed by atoms with van der Waals surface area (Å²) in [7, 11) is 0. The first-order chi connectivity index (χ1) is 8.60. The summed E-state index contributed by atoms with van der Waals surface area (Å²) in [5.74, 6) is 2.25. The van der Waals surface area contributed by atoms with Crippen LogP contribution >= 0.6 is 0 Å². The van der Waals surface area contributed by atoms with Gasteiger partial charge in [0.2, 0.25) is 0 Å². The molecule has 0 saturated carbocycles. The molecule has 0 aliphatic heterocycles. The van der Waals surface area contributed by atoms with Gasteiger partial charge >= 0.3 is 0 Å². The Morgan fingerprint density at radius 2 is 1.83 bits per heavy atom. The van der Waals surface area contributed by atoms with Crippen molar-refractivity contribution >= 4 is 0 Å². The number of aryl methyl sites for hydroxylation is 3. The summed E-state index contributed by atoms with van der Waals surface area (Å²) in [5, 5.41) is 0. The maximum absolute atomic E-state index is 5.55. The van der Waals surface area contributed by atoms with Gasteiger partial charge in [0, 0.05) is 12.0 Å². The van der Waals surface area contributed by atoms with Crippen molar-refractivity contribution in [2.45, 2.75) is 27.2 Å². The highest BCUT2D eigenvalue weighted by atomic mass is 15.0. The summed E-state index contributed by atoms with van der Waals surface area (Å²) < 4.78 is 0. The molecule has 0 saturated heterocycles. The zero-order valence-electron chi connectivity index (χ0n) is 11.1. The van der Waals surface area contributed by atoms with Gasteiger partial charge in [-0.1, -0.05) is 17.7 Å². The van der Waals surface area contributed by atoms with E-state index in [1.807, 2.05) is 6.92 Å². The number of aromatic nitrogens is 3. The lowest BCUT2D eigenvalue weighted by Crippen LogP contribution is -2.09. The van der Waals surface area contributed by atoms with Crippen molar-refractivity contribution in [1.29, 1.82) is 0 Å². The molecular formula is C14H18N4. The number of nitrogens with zero attached hydrogens (tertiary/aromatic N) is 3. The normalized spacial score (nSPS) is 10.7. The van der Waals surface area contributed by atoms with Gasteiger partial charge < -0.3 is 5.73 Å². The first kappa shape index (κ1) is 12.6. The molecule has 1 aromatic heterocycles. The van der Waals surface area contributed by atoms with Gasteiger partial charge in [-0.25, -0.2) is 15.0 Å². The van der Waals surface area contributed by atoms with E-state index in [1.54, 1.807) is 0 Å². The van der Waals surface area contributed by atoms with Crippen LogP contribution in [0.4, 0.5) is 0 Å². The molecule has 0 aliphatic carbocycles. The molecule has 2 N–H and O–H groups in total. The number of hydrogen-bond donors (Lipinski definition) is 1. The van der Waals surface area contributed by atoms with E-state index in [0.717, 1.165) is 23.0 Å². The van der Waals surface area contributed by atoms with Gasteiger partial charge in [0.15, 0.2) is 5.82 Å². The Balaban J connectivity index is 2.52. The monoisotopic (exact) mass is 242 g/mol. The van der Waals surface area contributed by atoms with Gasteiger partial charge in [-0.2, -0.15) is 0 Å². The molecule has 2 aromatic rings. The number of hydrogen-bond acceptors (Lipinski definition) is 4. The van der Waals surface area contributed by atoms with Gasteiger partial charge in [0.25, 0.3) is 0 Å². The van der Waals surface area contributed by atoms with Gasteiger partial charge in [0.05, 0.1) is 0 Å². The Kier molecular flexibility index (Phi) is 3.67. The second-order valence-corrected chi connectivity index (χ2v) is 4.48. The van der Waals surface area contributed by atoms with Crippen molar-refractivity contribution in [1.82, 2.24) is 15.0 Å². The highest BCUT2D eigenvalue weighted by Crippen LogP contribution is 2.21. The second kappa shape index (κ2) is 5.23. The zero-order chi connectivity index (χ0) is 13.1. The fourth-order valence-electron chi connectivity index (χ4n) is 1.88. The van der Waals surface area contributed by atoms with Crippen LogP contribution in [0.15, 0.2) is 18.2 Å². The Morgan fingerprint density at radius 3 is 2.56 bits per heavy atom. The number of rotatable bonds is 3. The zero-order valence-corrected chi connectivity index (χ0v) is 11.1. The van der Waals surface area contributed by atoms with Crippen molar-refractivity contribution in [2.24, 2.45) is 5.73 Å². The summed E-state index contributed by atoms with van der Waals surface area (Å²) in [6, 6.07) is 6.29. The minimum atomic E-state index is 0.551. The van der Waals surface area contributed by atoms with E-state index in [4.69, 9.17) is 5.73 Å². The van der Waals surface area contributed by atoms with Crippen LogP contribution in [0.5, 0.6) is 0 Å². The molecular weight excluding hydrogens is 224 g/mol. The third-order valence-electron chi connectivity index (χ3n) is 2.80. The number of nitrogens with two attached hydrogens (primary N) is 1. The first-order valence-electron chi connectivity index (χ1n) is 6.09. The lowest BCUT2D eigenvalue weighted by molar-refractivity contribution is 0.827. The second-order valence-electron chi connectivity index (χ2n) is 4.48. The lowest BCUT2D eigenvalue weighted by atomic mass is 10.1. The highest BCUT2D eigenvalue weighted by molar-refractivity contribution is 5.60. The average molecular weight is 242 g/mol. The van der Waals surface area contributed by atoms with Crippen molar-refractivity contribution in [3.05, 3.63) is 41.0 Å². The molecule has 4 heteroatoms. The molecule has 0 bridgehead atoms. The molecule has 1 aromatic carbocycles. The Hall–Kier alpha value is -1.81. The van der Waals surface area contributed by atoms with Crippen LogP contribution in [0.3, 0.4) is 0 Å². The van der Waals surface area contributed by atoms with E-state index >= 15 is 0 Å². The maximum Gasteiger partial charge on any atom is 0.163 e. The summed E-state index contributed by atoms with van der Waals surface area (Å²) in [5.41, 5.74) is 9.00. The van der Waals surface area contributed by atoms with Crippen LogP contribution < -0.4 is 5.73 Å². The molecule has 0 spiro atoms. The van der Waals surface area contributed by atoms with Crippen LogP contribution in [0.25, 0.3) is 11.4 Å². The van der Waals surface area contributed by atoms with E-state index in [-0.39, 0.29) is 0 Å². The van der Waals surface area contributed by atoms with Crippen molar-refractivity contribution in [3.8, 4) is 11.4 Å². The van der Waals surface area contributed by atoms with Crippen LogP contribution in [0.2, 0.25) is 0 Å². The van der Waals surface area contributed by atoms with Crippen LogP contribution in [-0.2, 0) is 6.42 Å². The molecule has 1 heterocycles. The van der Waals surface area contributed by atoms with E-state index in [9.17, 15) is 0 Å². The standard InChI is InChI=1S/C14H18N4/c1-9-4-5-10(2)12(8-9)14-17-11(3)16-13(18-14)6-7-15/h4-5,8H,6-7,15H2,1-3H3. The third kappa shape index (κ3) is 2.71. The molecule has 0 amide bonds. The largest absolute Gasteiger partial charge is 0.330 e. The maximum atomic E-state index is 5.55. The summed E-state index contributed by atoms with van der Waals surface area (Å²) >= 11 is 0. The third-order valence-corrected chi connectivity index (χ3v) is 2.80. The molecule has 0 atom stereocenters. The molecule has 0 fully saturated rings. The average Bonchev–Trinajstić information content (AvgIpc) is 2.32. The molecule has 2 rings (SSSR count). The topological polar surface area (TPSA) is 64.7 Å². The predicted octanol–water partition coefficient (Wildman–Crippen LogP) is 1.97. The predicted molar refractivity (Wildman–Crippen MR) is 72.2 cm³/mol. The lowest BCUT2D eigenvalue weighted by Gasteiger charge is -2.08. The smallest absolute Gasteiger partial charge is 0.163 e. The molecule has 0 aliphatic rings. The Bertz CT molecular complexity index is 564. The fourth-order valence-corrected chi connectivity index (χ4v) is 1.88. The SMILES string of the molecule is Cc1ccc(C)c(-c2nc(C)nc(CCN)n2)c1. The minimum Gasteiger partial charge on any atom is -0.330 e. The van der Waals surface area contributed by atoms with Gasteiger partial charge in [0.1, 0.15) is 11.6 Å². The molecule has 18 heavy (non-hydrogen) atoms. The van der Waals surface area contributed by atoms with Crippen molar-refractivity contribution < 1.29 is 0 Å². The Morgan fingerprint density at radius 1 is 1.06 bits per heavy atom. The van der Waals surface area contributed by atoms with E-state index in [1.165, 1.54) is 11.1 Å². The van der Waals surface area contributed by atoms with Crippen LogP contribution in [0.1, 0.15) is 22.8 Å². The minimum absolute atomic E-state index is 0.551. The van der Waals surface area contributed by atoms with Crippen molar-refractivity contribution in [2.75, 3.05) is 6.54 Å². The molecule has 0 radical (unpaired) electrons.